The number of benzene rings is 1. The van der Waals surface area contributed by atoms with Crippen LogP contribution in [0.1, 0.15) is 25.8 Å². The number of carbonyl (C=O) groups excluding carboxylic acids is 3. The molecule has 176 valence electrons. The van der Waals surface area contributed by atoms with Crippen molar-refractivity contribution < 1.29 is 39.3 Å². The lowest BCUT2D eigenvalue weighted by Gasteiger charge is -2.25. The van der Waals surface area contributed by atoms with Crippen molar-refractivity contribution in [3.05, 3.63) is 29.8 Å². The highest BCUT2D eigenvalue weighted by Gasteiger charge is 2.32. The van der Waals surface area contributed by atoms with E-state index in [-0.39, 0.29) is 18.7 Å². The van der Waals surface area contributed by atoms with E-state index in [1.54, 1.807) is 13.8 Å². The minimum absolute atomic E-state index is 0.0182. The smallest absolute Gasteiger partial charge is 0.326 e. The summed E-state index contributed by atoms with van der Waals surface area (Å²) in [6.45, 7) is 2.89. The Balaban J connectivity index is 2.97. The van der Waals surface area contributed by atoms with Crippen molar-refractivity contribution in [1.29, 1.82) is 0 Å². The first-order valence-corrected chi connectivity index (χ1v) is 9.77. The number of carboxylic acids is 2. The molecule has 1 aromatic rings. The first-order chi connectivity index (χ1) is 14.9. The standard InChI is InChI=1S/C20H28N4O8/c1-10(2)17(24-15(26)9-21)19(30)22-13(8-16(27)28)18(29)23-14(20(31)32)7-11-3-5-12(25)6-4-11/h3-6,10,13-14,17,25H,7-9,21H2,1-2H3,(H,22,30)(H,23,29)(H,24,26)(H,27,28)(H,31,32). The number of hydrogen-bond acceptors (Lipinski definition) is 7. The highest BCUT2D eigenvalue weighted by atomic mass is 16.4. The lowest BCUT2D eigenvalue weighted by Crippen LogP contribution is -2.58. The van der Waals surface area contributed by atoms with E-state index >= 15 is 0 Å². The van der Waals surface area contributed by atoms with Crippen LogP contribution in [0.15, 0.2) is 24.3 Å². The second-order valence-electron chi connectivity index (χ2n) is 7.42. The number of rotatable bonds is 12. The number of carbonyl (C=O) groups is 5. The molecule has 3 unspecified atom stereocenters. The van der Waals surface area contributed by atoms with Gasteiger partial charge in [-0.15, -0.1) is 0 Å². The van der Waals surface area contributed by atoms with E-state index < -0.39 is 60.1 Å². The average molecular weight is 452 g/mol. The van der Waals surface area contributed by atoms with E-state index in [1.165, 1.54) is 24.3 Å². The summed E-state index contributed by atoms with van der Waals surface area (Å²) in [5.41, 5.74) is 5.73. The number of nitrogens with two attached hydrogens (primary N) is 1. The zero-order valence-electron chi connectivity index (χ0n) is 17.7. The van der Waals surface area contributed by atoms with Crippen LogP contribution in [0.3, 0.4) is 0 Å². The van der Waals surface area contributed by atoms with Crippen molar-refractivity contribution in [2.45, 2.75) is 44.8 Å². The molecule has 3 atom stereocenters. The van der Waals surface area contributed by atoms with Crippen LogP contribution in [0, 0.1) is 5.92 Å². The molecule has 12 nitrogen and oxygen atoms in total. The molecule has 32 heavy (non-hydrogen) atoms. The van der Waals surface area contributed by atoms with Gasteiger partial charge in [-0.05, 0) is 23.6 Å². The predicted octanol–water partition coefficient (Wildman–Crippen LogP) is -1.44. The maximum atomic E-state index is 12.6. The van der Waals surface area contributed by atoms with Gasteiger partial charge >= 0.3 is 11.9 Å². The molecule has 8 N–H and O–H groups in total. The predicted molar refractivity (Wildman–Crippen MR) is 111 cm³/mol. The molecule has 0 spiro atoms. The van der Waals surface area contributed by atoms with Gasteiger partial charge in [-0.3, -0.25) is 19.2 Å². The average Bonchev–Trinajstić information content (AvgIpc) is 2.71. The number of carboxylic acid groups (broad SMARTS) is 2. The number of aliphatic carboxylic acids is 2. The van der Waals surface area contributed by atoms with Gasteiger partial charge < -0.3 is 37.0 Å². The number of amides is 3. The van der Waals surface area contributed by atoms with Gasteiger partial charge in [0.2, 0.25) is 17.7 Å². The van der Waals surface area contributed by atoms with Gasteiger partial charge in [0.25, 0.3) is 0 Å². The van der Waals surface area contributed by atoms with Crippen molar-refractivity contribution in [2.75, 3.05) is 6.54 Å². The van der Waals surface area contributed by atoms with Crippen molar-refractivity contribution in [3.63, 3.8) is 0 Å². The van der Waals surface area contributed by atoms with Crippen molar-refractivity contribution >= 4 is 29.7 Å². The number of aromatic hydroxyl groups is 1. The Morgan fingerprint density at radius 3 is 1.94 bits per heavy atom. The van der Waals surface area contributed by atoms with Gasteiger partial charge in [-0.2, -0.15) is 0 Å². The first kappa shape index (κ1) is 26.4. The summed E-state index contributed by atoms with van der Waals surface area (Å²) < 4.78 is 0. The quantitative estimate of drug-likeness (QED) is 0.198. The molecule has 0 aliphatic heterocycles. The molecule has 3 amide bonds. The van der Waals surface area contributed by atoms with Crippen LogP contribution >= 0.6 is 0 Å². The Labute approximate surface area is 184 Å². The summed E-state index contributed by atoms with van der Waals surface area (Å²) in [5, 5.41) is 34.8. The second kappa shape index (κ2) is 12.2. The van der Waals surface area contributed by atoms with Gasteiger partial charge in [0, 0.05) is 6.42 Å². The molecule has 0 saturated carbocycles. The maximum absolute atomic E-state index is 12.6. The summed E-state index contributed by atoms with van der Waals surface area (Å²) in [6, 6.07) is 1.57. The number of hydrogen-bond donors (Lipinski definition) is 7. The zero-order chi connectivity index (χ0) is 24.4. The lowest BCUT2D eigenvalue weighted by atomic mass is 10.0. The molecule has 0 bridgehead atoms. The van der Waals surface area contributed by atoms with Crippen LogP contribution in [0.25, 0.3) is 0 Å². The molecule has 12 heteroatoms. The fourth-order valence-electron chi connectivity index (χ4n) is 2.75. The Bertz CT molecular complexity index is 841. The van der Waals surface area contributed by atoms with E-state index in [2.05, 4.69) is 16.0 Å². The third-order valence-electron chi connectivity index (χ3n) is 4.45. The minimum atomic E-state index is -1.59. The molecule has 0 aliphatic carbocycles. The highest BCUT2D eigenvalue weighted by molar-refractivity contribution is 5.95. The van der Waals surface area contributed by atoms with E-state index in [1.807, 2.05) is 0 Å². The Morgan fingerprint density at radius 2 is 1.47 bits per heavy atom. The summed E-state index contributed by atoms with van der Waals surface area (Å²) in [6.07, 6.45) is -0.949. The first-order valence-electron chi connectivity index (χ1n) is 9.77. The molecule has 0 fully saturated rings. The van der Waals surface area contributed by atoms with Crippen LogP contribution in [0.5, 0.6) is 5.75 Å². The van der Waals surface area contributed by atoms with Crippen molar-refractivity contribution in [3.8, 4) is 5.75 Å². The Hall–Kier alpha value is -3.67. The SMILES string of the molecule is CC(C)C(NC(=O)CN)C(=O)NC(CC(=O)O)C(=O)NC(Cc1ccc(O)cc1)C(=O)O. The largest absolute Gasteiger partial charge is 0.508 e. The van der Waals surface area contributed by atoms with Gasteiger partial charge in [0.15, 0.2) is 0 Å². The second-order valence-corrected chi connectivity index (χ2v) is 7.42. The van der Waals surface area contributed by atoms with Crippen LogP contribution in [0.2, 0.25) is 0 Å². The molecule has 0 heterocycles. The van der Waals surface area contributed by atoms with Crippen LogP contribution in [-0.4, -0.2) is 69.7 Å². The van der Waals surface area contributed by atoms with Gasteiger partial charge in [-0.25, -0.2) is 4.79 Å². The van der Waals surface area contributed by atoms with Crippen LogP contribution in [0.4, 0.5) is 0 Å². The zero-order valence-corrected chi connectivity index (χ0v) is 17.7. The van der Waals surface area contributed by atoms with E-state index in [0.29, 0.717) is 5.56 Å². The fourth-order valence-corrected chi connectivity index (χ4v) is 2.75. The summed E-state index contributed by atoms with van der Waals surface area (Å²) in [4.78, 5) is 59.6. The number of nitrogens with one attached hydrogen (secondary N) is 3. The Kier molecular flexibility index (Phi) is 10.1. The van der Waals surface area contributed by atoms with Crippen LogP contribution < -0.4 is 21.7 Å². The molecular formula is C20H28N4O8. The molecular weight excluding hydrogens is 424 g/mol. The molecule has 0 radical (unpaired) electrons. The minimum Gasteiger partial charge on any atom is -0.508 e. The van der Waals surface area contributed by atoms with Gasteiger partial charge in [0.1, 0.15) is 23.9 Å². The van der Waals surface area contributed by atoms with E-state index in [0.717, 1.165) is 0 Å². The molecule has 0 saturated heterocycles. The third kappa shape index (κ3) is 8.60. The fraction of sp³-hybridized carbons (Fsp3) is 0.450. The molecule has 1 aromatic carbocycles. The summed E-state index contributed by atoms with van der Waals surface area (Å²) >= 11 is 0. The van der Waals surface area contributed by atoms with E-state index in [4.69, 9.17) is 10.8 Å². The Morgan fingerprint density at radius 1 is 0.906 bits per heavy atom. The van der Waals surface area contributed by atoms with Crippen molar-refractivity contribution in [2.24, 2.45) is 11.7 Å². The van der Waals surface area contributed by atoms with Crippen molar-refractivity contribution in [1.82, 2.24) is 16.0 Å². The summed E-state index contributed by atoms with van der Waals surface area (Å²) in [5.74, 6) is -5.63. The van der Waals surface area contributed by atoms with Gasteiger partial charge in [0.05, 0.1) is 13.0 Å². The summed E-state index contributed by atoms with van der Waals surface area (Å²) in [7, 11) is 0. The normalized spacial score (nSPS) is 13.5. The topological polar surface area (TPSA) is 208 Å². The molecule has 0 aliphatic rings. The van der Waals surface area contributed by atoms with E-state index in [9.17, 15) is 34.2 Å². The highest BCUT2D eigenvalue weighted by Crippen LogP contribution is 2.12. The lowest BCUT2D eigenvalue weighted by molar-refractivity contribution is -0.143. The molecule has 0 aromatic heterocycles. The van der Waals surface area contributed by atoms with Gasteiger partial charge in [-0.1, -0.05) is 26.0 Å². The maximum Gasteiger partial charge on any atom is 0.326 e. The number of phenols is 1. The monoisotopic (exact) mass is 452 g/mol. The van der Waals surface area contributed by atoms with Crippen LogP contribution in [-0.2, 0) is 30.4 Å². The third-order valence-corrected chi connectivity index (χ3v) is 4.45. The molecule has 1 rings (SSSR count). The number of phenolic OH excluding ortho intramolecular Hbond substituents is 1.